The summed E-state index contributed by atoms with van der Waals surface area (Å²) in [5.74, 6) is -0.0326. The average molecular weight is 349 g/mol. The lowest BCUT2D eigenvalue weighted by Gasteiger charge is -2.11. The minimum Gasteiger partial charge on any atom is -0.309 e. The van der Waals surface area contributed by atoms with Gasteiger partial charge >= 0.3 is 0 Å². The molecule has 26 heavy (non-hydrogen) atoms. The van der Waals surface area contributed by atoms with E-state index >= 15 is 0 Å². The molecule has 7 heteroatoms. The summed E-state index contributed by atoms with van der Waals surface area (Å²) in [6, 6.07) is 5.37. The van der Waals surface area contributed by atoms with Crippen LogP contribution in [0.5, 0.6) is 0 Å². The van der Waals surface area contributed by atoms with Crippen LogP contribution in [0.2, 0.25) is 0 Å². The van der Waals surface area contributed by atoms with Crippen LogP contribution in [0.25, 0.3) is 0 Å². The standard InChI is InChI=1S/C19H19N5O2/c1-12-6-8-24(11-15-10-21-14(3)9-22-15)19(26)16(12)18(25)23-17-13(2)5-4-7-20-17/h4-10H,11H2,1-3H3,(H,20,23,25). The zero-order valence-corrected chi connectivity index (χ0v) is 14.9. The molecular formula is C19H19N5O2. The summed E-state index contributed by atoms with van der Waals surface area (Å²) in [5, 5.41) is 2.72. The molecule has 3 aromatic rings. The predicted octanol–water partition coefficient (Wildman–Crippen LogP) is 2.26. The van der Waals surface area contributed by atoms with Crippen molar-refractivity contribution in [3.8, 4) is 0 Å². The van der Waals surface area contributed by atoms with Crippen LogP contribution >= 0.6 is 0 Å². The van der Waals surface area contributed by atoms with Crippen LogP contribution in [0.4, 0.5) is 5.82 Å². The Bertz CT molecular complexity index is 1010. The number of pyridine rings is 2. The number of anilines is 1. The van der Waals surface area contributed by atoms with Crippen molar-refractivity contribution in [1.82, 2.24) is 19.5 Å². The maximum absolute atomic E-state index is 12.8. The molecule has 3 aromatic heterocycles. The maximum atomic E-state index is 12.8. The van der Waals surface area contributed by atoms with Crippen LogP contribution in [0, 0.1) is 20.8 Å². The summed E-state index contributed by atoms with van der Waals surface area (Å²) in [6.07, 6.45) is 6.52. The second kappa shape index (κ2) is 7.26. The van der Waals surface area contributed by atoms with Gasteiger partial charge in [0.2, 0.25) is 0 Å². The van der Waals surface area contributed by atoms with Crippen molar-refractivity contribution in [3.05, 3.63) is 81.4 Å². The molecule has 0 aromatic carbocycles. The average Bonchev–Trinajstić information content (AvgIpc) is 2.61. The highest BCUT2D eigenvalue weighted by Crippen LogP contribution is 2.12. The van der Waals surface area contributed by atoms with Gasteiger partial charge in [0, 0.05) is 18.6 Å². The predicted molar refractivity (Wildman–Crippen MR) is 98.2 cm³/mol. The molecule has 0 radical (unpaired) electrons. The fourth-order valence-corrected chi connectivity index (χ4v) is 2.53. The Morgan fingerprint density at radius 2 is 1.88 bits per heavy atom. The maximum Gasteiger partial charge on any atom is 0.264 e. The number of aryl methyl sites for hydroxylation is 3. The van der Waals surface area contributed by atoms with Crippen molar-refractivity contribution in [2.45, 2.75) is 27.3 Å². The Morgan fingerprint density at radius 1 is 1.08 bits per heavy atom. The fourth-order valence-electron chi connectivity index (χ4n) is 2.53. The fraction of sp³-hybridized carbons (Fsp3) is 0.211. The Labute approximate surface area is 150 Å². The molecule has 0 saturated heterocycles. The second-order valence-electron chi connectivity index (χ2n) is 6.08. The Balaban J connectivity index is 1.92. The highest BCUT2D eigenvalue weighted by molar-refractivity contribution is 6.04. The molecule has 132 valence electrons. The summed E-state index contributed by atoms with van der Waals surface area (Å²) in [7, 11) is 0. The smallest absolute Gasteiger partial charge is 0.264 e. The SMILES string of the molecule is Cc1cnc(Cn2ccc(C)c(C(=O)Nc3ncccc3C)c2=O)cn1. The van der Waals surface area contributed by atoms with E-state index in [2.05, 4.69) is 20.3 Å². The van der Waals surface area contributed by atoms with E-state index in [-0.39, 0.29) is 17.7 Å². The Morgan fingerprint density at radius 3 is 2.58 bits per heavy atom. The zero-order valence-electron chi connectivity index (χ0n) is 14.9. The van der Waals surface area contributed by atoms with Gasteiger partial charge in [-0.1, -0.05) is 6.07 Å². The molecule has 3 rings (SSSR count). The number of hydrogen-bond donors (Lipinski definition) is 1. The van der Waals surface area contributed by atoms with E-state index in [9.17, 15) is 9.59 Å². The van der Waals surface area contributed by atoms with Gasteiger partial charge in [-0.3, -0.25) is 19.6 Å². The number of rotatable bonds is 4. The van der Waals surface area contributed by atoms with Crippen LogP contribution in [0.15, 0.2) is 47.8 Å². The number of carbonyl (C=O) groups excluding carboxylic acids is 1. The Hall–Kier alpha value is -3.35. The van der Waals surface area contributed by atoms with Crippen molar-refractivity contribution < 1.29 is 4.79 Å². The summed E-state index contributed by atoms with van der Waals surface area (Å²) in [4.78, 5) is 38.1. The third kappa shape index (κ3) is 3.66. The monoisotopic (exact) mass is 349 g/mol. The van der Waals surface area contributed by atoms with Gasteiger partial charge < -0.3 is 9.88 Å². The first kappa shape index (κ1) is 17.5. The number of aromatic nitrogens is 4. The molecular weight excluding hydrogens is 330 g/mol. The summed E-state index contributed by atoms with van der Waals surface area (Å²) < 4.78 is 1.45. The molecule has 0 fully saturated rings. The molecule has 7 nitrogen and oxygen atoms in total. The first-order valence-electron chi connectivity index (χ1n) is 8.16. The van der Waals surface area contributed by atoms with Gasteiger partial charge in [0.05, 0.1) is 24.1 Å². The van der Waals surface area contributed by atoms with Gasteiger partial charge in [-0.25, -0.2) is 4.98 Å². The third-order valence-corrected chi connectivity index (χ3v) is 4.01. The van der Waals surface area contributed by atoms with Gasteiger partial charge in [0.1, 0.15) is 11.4 Å². The summed E-state index contributed by atoms with van der Waals surface area (Å²) in [6.45, 7) is 5.67. The molecule has 0 atom stereocenters. The van der Waals surface area contributed by atoms with Gasteiger partial charge in [0.25, 0.3) is 11.5 Å². The van der Waals surface area contributed by atoms with Gasteiger partial charge in [-0.05, 0) is 44.0 Å². The van der Waals surface area contributed by atoms with Gasteiger partial charge in [0.15, 0.2) is 0 Å². The highest BCUT2D eigenvalue weighted by atomic mass is 16.2. The highest BCUT2D eigenvalue weighted by Gasteiger charge is 2.17. The molecule has 1 N–H and O–H groups in total. The zero-order chi connectivity index (χ0) is 18.7. The van der Waals surface area contributed by atoms with Crippen LogP contribution in [-0.4, -0.2) is 25.4 Å². The number of carbonyl (C=O) groups is 1. The molecule has 0 spiro atoms. The van der Waals surface area contributed by atoms with Crippen LogP contribution in [0.3, 0.4) is 0 Å². The van der Waals surface area contributed by atoms with Crippen molar-refractivity contribution in [3.63, 3.8) is 0 Å². The lowest BCUT2D eigenvalue weighted by Crippen LogP contribution is -2.31. The second-order valence-corrected chi connectivity index (χ2v) is 6.08. The largest absolute Gasteiger partial charge is 0.309 e. The van der Waals surface area contributed by atoms with Gasteiger partial charge in [-0.15, -0.1) is 0 Å². The van der Waals surface area contributed by atoms with Crippen LogP contribution in [0.1, 0.15) is 32.9 Å². The minimum atomic E-state index is -0.473. The first-order valence-corrected chi connectivity index (χ1v) is 8.16. The van der Waals surface area contributed by atoms with Crippen molar-refractivity contribution in [1.29, 1.82) is 0 Å². The number of nitrogens with one attached hydrogen (secondary N) is 1. The van der Waals surface area contributed by atoms with E-state index in [0.717, 1.165) is 11.3 Å². The molecule has 3 heterocycles. The lowest BCUT2D eigenvalue weighted by molar-refractivity contribution is 0.102. The molecule has 0 bridgehead atoms. The van der Waals surface area contributed by atoms with Crippen LogP contribution < -0.4 is 10.9 Å². The molecule has 0 aliphatic carbocycles. The topological polar surface area (TPSA) is 89.8 Å². The molecule has 0 aliphatic rings. The normalized spacial score (nSPS) is 10.6. The van der Waals surface area contributed by atoms with E-state index in [4.69, 9.17) is 0 Å². The lowest BCUT2D eigenvalue weighted by atomic mass is 10.1. The van der Waals surface area contributed by atoms with Crippen molar-refractivity contribution in [2.24, 2.45) is 0 Å². The quantitative estimate of drug-likeness (QED) is 0.780. The number of hydrogen-bond acceptors (Lipinski definition) is 5. The minimum absolute atomic E-state index is 0.0950. The summed E-state index contributed by atoms with van der Waals surface area (Å²) >= 11 is 0. The molecule has 0 unspecified atom stereocenters. The Kier molecular flexibility index (Phi) is 4.88. The van der Waals surface area contributed by atoms with E-state index in [1.165, 1.54) is 4.57 Å². The first-order chi connectivity index (χ1) is 12.5. The van der Waals surface area contributed by atoms with E-state index < -0.39 is 5.91 Å². The van der Waals surface area contributed by atoms with E-state index in [1.807, 2.05) is 19.9 Å². The molecule has 0 aliphatic heterocycles. The van der Waals surface area contributed by atoms with Crippen molar-refractivity contribution in [2.75, 3.05) is 5.32 Å². The van der Waals surface area contributed by atoms with Gasteiger partial charge in [-0.2, -0.15) is 0 Å². The van der Waals surface area contributed by atoms with Crippen molar-refractivity contribution >= 4 is 11.7 Å². The molecule has 0 saturated carbocycles. The molecule has 1 amide bonds. The third-order valence-electron chi connectivity index (χ3n) is 4.01. The van der Waals surface area contributed by atoms with E-state index in [1.54, 1.807) is 43.8 Å². The summed E-state index contributed by atoms with van der Waals surface area (Å²) in [5.41, 5.74) is 2.59. The number of amides is 1. The van der Waals surface area contributed by atoms with E-state index in [0.29, 0.717) is 17.1 Å². The number of nitrogens with zero attached hydrogens (tertiary/aromatic N) is 4. The van der Waals surface area contributed by atoms with Crippen LogP contribution in [-0.2, 0) is 6.54 Å².